The van der Waals surface area contributed by atoms with Crippen molar-refractivity contribution in [1.82, 2.24) is 5.32 Å². The molecule has 2 aromatic carbocycles. The Hall–Kier alpha value is -2.49. The van der Waals surface area contributed by atoms with Gasteiger partial charge in [-0.1, -0.05) is 30.3 Å². The monoisotopic (exact) mass is 284 g/mol. The first-order chi connectivity index (χ1) is 10.1. The number of hydrogen-bond acceptors (Lipinski definition) is 2. The molecule has 0 saturated carbocycles. The Labute approximate surface area is 125 Å². The normalized spacial score (nSPS) is 11.6. The summed E-state index contributed by atoms with van der Waals surface area (Å²) in [5, 5.41) is 5.74. The molecule has 110 valence electrons. The molecule has 0 saturated heterocycles. The molecule has 0 aromatic heterocycles. The molecule has 0 radical (unpaired) electrons. The van der Waals surface area contributed by atoms with E-state index < -0.39 is 0 Å². The van der Waals surface area contributed by atoms with Crippen molar-refractivity contribution < 1.29 is 9.53 Å². The van der Waals surface area contributed by atoms with Gasteiger partial charge in [0.1, 0.15) is 5.75 Å². The van der Waals surface area contributed by atoms with E-state index in [4.69, 9.17) is 4.74 Å². The molecule has 2 amide bonds. The van der Waals surface area contributed by atoms with Crippen LogP contribution in [0.4, 0.5) is 10.5 Å². The third-order valence-electron chi connectivity index (χ3n) is 3.33. The lowest BCUT2D eigenvalue weighted by atomic mass is 10.0. The maximum Gasteiger partial charge on any atom is 0.319 e. The highest BCUT2D eigenvalue weighted by atomic mass is 16.5. The van der Waals surface area contributed by atoms with Crippen molar-refractivity contribution in [3.63, 3.8) is 0 Å². The fourth-order valence-corrected chi connectivity index (χ4v) is 2.22. The zero-order valence-corrected chi connectivity index (χ0v) is 12.5. The molecule has 2 N–H and O–H groups in total. The molecule has 4 nitrogen and oxygen atoms in total. The van der Waals surface area contributed by atoms with Crippen LogP contribution in [-0.2, 0) is 0 Å². The minimum atomic E-state index is -0.237. The van der Waals surface area contributed by atoms with Gasteiger partial charge in [0, 0.05) is 11.8 Å². The highest BCUT2D eigenvalue weighted by Gasteiger charge is 2.11. The van der Waals surface area contributed by atoms with Crippen LogP contribution in [0.5, 0.6) is 5.75 Å². The minimum absolute atomic E-state index is 0.0585. The Morgan fingerprint density at radius 3 is 2.62 bits per heavy atom. The Morgan fingerprint density at radius 1 is 1.14 bits per heavy atom. The van der Waals surface area contributed by atoms with E-state index in [0.717, 1.165) is 11.1 Å². The van der Waals surface area contributed by atoms with E-state index in [9.17, 15) is 4.79 Å². The Kier molecular flexibility index (Phi) is 4.82. The quantitative estimate of drug-likeness (QED) is 0.895. The lowest BCUT2D eigenvalue weighted by Crippen LogP contribution is -2.31. The molecule has 1 atom stereocenters. The topological polar surface area (TPSA) is 50.4 Å². The summed E-state index contributed by atoms with van der Waals surface area (Å²) in [6.07, 6.45) is 0. The van der Waals surface area contributed by atoms with E-state index in [0.29, 0.717) is 11.4 Å². The summed E-state index contributed by atoms with van der Waals surface area (Å²) in [6, 6.07) is 15.0. The molecule has 0 spiro atoms. The van der Waals surface area contributed by atoms with E-state index in [2.05, 4.69) is 10.6 Å². The fraction of sp³-hybridized carbons (Fsp3) is 0.235. The Bertz CT molecular complexity index is 626. The third-order valence-corrected chi connectivity index (χ3v) is 3.33. The van der Waals surface area contributed by atoms with E-state index in [-0.39, 0.29) is 12.1 Å². The molecule has 21 heavy (non-hydrogen) atoms. The van der Waals surface area contributed by atoms with Gasteiger partial charge in [0.15, 0.2) is 0 Å². The number of anilines is 1. The van der Waals surface area contributed by atoms with Crippen LogP contribution in [0, 0.1) is 6.92 Å². The van der Waals surface area contributed by atoms with Crippen molar-refractivity contribution in [1.29, 1.82) is 0 Å². The average molecular weight is 284 g/mol. The maximum atomic E-state index is 12.0. The second-order valence-corrected chi connectivity index (χ2v) is 4.91. The number of rotatable bonds is 4. The first-order valence-corrected chi connectivity index (χ1v) is 6.87. The smallest absolute Gasteiger partial charge is 0.319 e. The summed E-state index contributed by atoms with van der Waals surface area (Å²) in [5.74, 6) is 0.708. The molecule has 0 bridgehead atoms. The van der Waals surface area contributed by atoms with Gasteiger partial charge >= 0.3 is 6.03 Å². The lowest BCUT2D eigenvalue weighted by Gasteiger charge is -2.17. The number of ether oxygens (including phenoxy) is 1. The summed E-state index contributed by atoms with van der Waals surface area (Å²) in [7, 11) is 1.60. The zero-order valence-electron chi connectivity index (χ0n) is 12.5. The van der Waals surface area contributed by atoms with Crippen LogP contribution in [0.1, 0.15) is 24.1 Å². The SMILES string of the molecule is COc1cccc(NC(=O)N[C@H](C)c2ccccc2C)c1. The largest absolute Gasteiger partial charge is 0.497 e. The summed E-state index contributed by atoms with van der Waals surface area (Å²) in [5.41, 5.74) is 2.97. The number of carbonyl (C=O) groups is 1. The van der Waals surface area contributed by atoms with Gasteiger partial charge in [0.25, 0.3) is 0 Å². The molecular weight excluding hydrogens is 264 g/mol. The third kappa shape index (κ3) is 3.99. The predicted molar refractivity (Wildman–Crippen MR) is 84.7 cm³/mol. The number of aryl methyl sites for hydroxylation is 1. The second kappa shape index (κ2) is 6.79. The number of carbonyl (C=O) groups excluding carboxylic acids is 1. The van der Waals surface area contributed by atoms with E-state index in [1.54, 1.807) is 13.2 Å². The second-order valence-electron chi connectivity index (χ2n) is 4.91. The highest BCUT2D eigenvalue weighted by molar-refractivity contribution is 5.89. The fourth-order valence-electron chi connectivity index (χ4n) is 2.22. The summed E-state index contributed by atoms with van der Waals surface area (Å²) in [6.45, 7) is 4.00. The molecule has 0 fully saturated rings. The van der Waals surface area contributed by atoms with Gasteiger partial charge in [-0.3, -0.25) is 0 Å². The Balaban J connectivity index is 2.00. The van der Waals surface area contributed by atoms with Gasteiger partial charge in [0.2, 0.25) is 0 Å². The van der Waals surface area contributed by atoms with Crippen LogP contribution in [0.3, 0.4) is 0 Å². The summed E-state index contributed by atoms with van der Waals surface area (Å²) >= 11 is 0. The maximum absolute atomic E-state index is 12.0. The van der Waals surface area contributed by atoms with Crippen LogP contribution < -0.4 is 15.4 Å². The van der Waals surface area contributed by atoms with Crippen molar-refractivity contribution in [2.75, 3.05) is 12.4 Å². The number of nitrogens with one attached hydrogen (secondary N) is 2. The van der Waals surface area contributed by atoms with Crippen LogP contribution in [0.25, 0.3) is 0 Å². The lowest BCUT2D eigenvalue weighted by molar-refractivity contribution is 0.249. The van der Waals surface area contributed by atoms with Crippen molar-refractivity contribution in [3.8, 4) is 5.75 Å². The standard InChI is InChI=1S/C17H20N2O2/c1-12-7-4-5-10-16(12)13(2)18-17(20)19-14-8-6-9-15(11-14)21-3/h4-11,13H,1-3H3,(H2,18,19,20)/t13-/m1/s1. The van der Waals surface area contributed by atoms with Gasteiger partial charge in [-0.2, -0.15) is 0 Å². The number of hydrogen-bond donors (Lipinski definition) is 2. The average Bonchev–Trinajstić information content (AvgIpc) is 2.47. The molecule has 0 aliphatic heterocycles. The number of urea groups is 1. The van der Waals surface area contributed by atoms with Crippen molar-refractivity contribution in [3.05, 3.63) is 59.7 Å². The predicted octanol–water partition coefficient (Wildman–Crippen LogP) is 3.89. The molecule has 2 aromatic rings. The highest BCUT2D eigenvalue weighted by Crippen LogP contribution is 2.18. The Morgan fingerprint density at radius 2 is 1.90 bits per heavy atom. The van der Waals surface area contributed by atoms with Crippen LogP contribution in [-0.4, -0.2) is 13.1 Å². The molecular formula is C17H20N2O2. The van der Waals surface area contributed by atoms with Gasteiger partial charge < -0.3 is 15.4 Å². The van der Waals surface area contributed by atoms with E-state index in [1.165, 1.54) is 0 Å². The van der Waals surface area contributed by atoms with Gasteiger partial charge in [-0.05, 0) is 37.1 Å². The molecule has 0 unspecified atom stereocenters. The van der Waals surface area contributed by atoms with Crippen LogP contribution in [0.2, 0.25) is 0 Å². The van der Waals surface area contributed by atoms with Crippen molar-refractivity contribution >= 4 is 11.7 Å². The summed E-state index contributed by atoms with van der Waals surface area (Å²) in [4.78, 5) is 12.0. The molecule has 0 aliphatic rings. The van der Waals surface area contributed by atoms with Gasteiger partial charge in [-0.15, -0.1) is 0 Å². The van der Waals surface area contributed by atoms with E-state index in [1.807, 2.05) is 56.3 Å². The summed E-state index contributed by atoms with van der Waals surface area (Å²) < 4.78 is 5.13. The van der Waals surface area contributed by atoms with Crippen LogP contribution >= 0.6 is 0 Å². The number of methoxy groups -OCH3 is 1. The molecule has 0 heterocycles. The first kappa shape index (κ1) is 14.9. The molecule has 0 aliphatic carbocycles. The van der Waals surface area contributed by atoms with Crippen molar-refractivity contribution in [2.24, 2.45) is 0 Å². The zero-order chi connectivity index (χ0) is 15.2. The van der Waals surface area contributed by atoms with Crippen molar-refractivity contribution in [2.45, 2.75) is 19.9 Å². The van der Waals surface area contributed by atoms with Gasteiger partial charge in [0.05, 0.1) is 13.2 Å². The molecule has 4 heteroatoms. The molecule has 2 rings (SSSR count). The first-order valence-electron chi connectivity index (χ1n) is 6.87. The number of benzene rings is 2. The van der Waals surface area contributed by atoms with Crippen LogP contribution in [0.15, 0.2) is 48.5 Å². The van der Waals surface area contributed by atoms with E-state index >= 15 is 0 Å². The number of amides is 2. The minimum Gasteiger partial charge on any atom is -0.497 e. The van der Waals surface area contributed by atoms with Gasteiger partial charge in [-0.25, -0.2) is 4.79 Å².